The Kier molecular flexibility index (Phi) is 3.03. The van der Waals surface area contributed by atoms with E-state index >= 15 is 0 Å². The second-order valence-corrected chi connectivity index (χ2v) is 5.40. The summed E-state index contributed by atoms with van der Waals surface area (Å²) in [5.41, 5.74) is -0.0519. The lowest BCUT2D eigenvalue weighted by Crippen LogP contribution is -2.50. The van der Waals surface area contributed by atoms with Crippen molar-refractivity contribution in [3.8, 4) is 0 Å². The van der Waals surface area contributed by atoms with Crippen molar-refractivity contribution in [3.63, 3.8) is 0 Å². The lowest BCUT2D eigenvalue weighted by atomic mass is 9.65. The molecular formula is C11H23NO. The van der Waals surface area contributed by atoms with E-state index in [4.69, 9.17) is 0 Å². The standard InChI is InChI=1S/C11H23NO/c1-9-7-10(2,3)5-6-11(9,13)8-12-4/h9,12-13H,5-8H2,1-4H3. The maximum absolute atomic E-state index is 10.3. The zero-order valence-electron chi connectivity index (χ0n) is 9.35. The lowest BCUT2D eigenvalue weighted by molar-refractivity contribution is -0.0679. The molecular weight excluding hydrogens is 162 g/mol. The van der Waals surface area contributed by atoms with E-state index in [1.165, 1.54) is 0 Å². The predicted molar refractivity (Wildman–Crippen MR) is 55.7 cm³/mol. The van der Waals surface area contributed by atoms with Gasteiger partial charge in [0.05, 0.1) is 5.60 Å². The summed E-state index contributed by atoms with van der Waals surface area (Å²) >= 11 is 0. The summed E-state index contributed by atoms with van der Waals surface area (Å²) in [6.45, 7) is 7.48. The quantitative estimate of drug-likeness (QED) is 0.687. The molecule has 2 heteroatoms. The average Bonchev–Trinajstić information content (AvgIpc) is 1.99. The highest BCUT2D eigenvalue weighted by atomic mass is 16.3. The first-order chi connectivity index (χ1) is 5.90. The number of hydrogen-bond acceptors (Lipinski definition) is 2. The van der Waals surface area contributed by atoms with Crippen LogP contribution in [-0.2, 0) is 0 Å². The Morgan fingerprint density at radius 1 is 1.38 bits per heavy atom. The van der Waals surface area contributed by atoms with Gasteiger partial charge in [-0.3, -0.25) is 0 Å². The molecule has 1 aliphatic carbocycles. The minimum Gasteiger partial charge on any atom is -0.388 e. The van der Waals surface area contributed by atoms with Crippen LogP contribution in [0.1, 0.15) is 40.0 Å². The zero-order chi connectivity index (χ0) is 10.1. The van der Waals surface area contributed by atoms with E-state index in [9.17, 15) is 5.11 Å². The maximum atomic E-state index is 10.3. The molecule has 1 aliphatic rings. The van der Waals surface area contributed by atoms with E-state index in [2.05, 4.69) is 26.1 Å². The maximum Gasteiger partial charge on any atom is 0.0797 e. The average molecular weight is 185 g/mol. The van der Waals surface area contributed by atoms with Gasteiger partial charge >= 0.3 is 0 Å². The molecule has 1 rings (SSSR count). The van der Waals surface area contributed by atoms with E-state index < -0.39 is 5.60 Å². The van der Waals surface area contributed by atoms with E-state index in [1.54, 1.807) is 0 Å². The Morgan fingerprint density at radius 3 is 2.46 bits per heavy atom. The van der Waals surface area contributed by atoms with Crippen LogP contribution in [0, 0.1) is 11.3 Å². The van der Waals surface area contributed by atoms with Crippen molar-refractivity contribution in [3.05, 3.63) is 0 Å². The molecule has 0 spiro atoms. The van der Waals surface area contributed by atoms with E-state index in [0.29, 0.717) is 11.3 Å². The van der Waals surface area contributed by atoms with Crippen molar-refractivity contribution in [2.75, 3.05) is 13.6 Å². The molecule has 2 nitrogen and oxygen atoms in total. The predicted octanol–water partition coefficient (Wildman–Crippen LogP) is 1.78. The number of likely N-dealkylation sites (N-methyl/N-ethyl adjacent to an activating group) is 1. The van der Waals surface area contributed by atoms with Gasteiger partial charge in [-0.1, -0.05) is 20.8 Å². The van der Waals surface area contributed by atoms with Gasteiger partial charge in [0.2, 0.25) is 0 Å². The molecule has 1 saturated carbocycles. The van der Waals surface area contributed by atoms with Crippen molar-refractivity contribution >= 4 is 0 Å². The van der Waals surface area contributed by atoms with Crippen LogP contribution < -0.4 is 5.32 Å². The molecule has 0 heterocycles. The second-order valence-electron chi connectivity index (χ2n) is 5.40. The first-order valence-electron chi connectivity index (χ1n) is 5.27. The molecule has 0 aromatic heterocycles. The van der Waals surface area contributed by atoms with Crippen LogP contribution >= 0.6 is 0 Å². The largest absolute Gasteiger partial charge is 0.388 e. The summed E-state index contributed by atoms with van der Waals surface area (Å²) in [4.78, 5) is 0. The van der Waals surface area contributed by atoms with Crippen molar-refractivity contribution in [1.82, 2.24) is 5.32 Å². The molecule has 0 amide bonds. The van der Waals surface area contributed by atoms with Crippen LogP contribution in [0.5, 0.6) is 0 Å². The summed E-state index contributed by atoms with van der Waals surface area (Å²) in [6.07, 6.45) is 3.20. The van der Waals surface area contributed by atoms with Gasteiger partial charge in [0.1, 0.15) is 0 Å². The van der Waals surface area contributed by atoms with E-state index in [-0.39, 0.29) is 0 Å². The smallest absolute Gasteiger partial charge is 0.0797 e. The Morgan fingerprint density at radius 2 is 2.00 bits per heavy atom. The molecule has 0 radical (unpaired) electrons. The molecule has 0 aromatic carbocycles. The second kappa shape index (κ2) is 3.58. The van der Waals surface area contributed by atoms with Crippen molar-refractivity contribution < 1.29 is 5.11 Å². The number of nitrogens with one attached hydrogen (secondary N) is 1. The highest BCUT2D eigenvalue weighted by molar-refractivity contribution is 4.94. The van der Waals surface area contributed by atoms with Gasteiger partial charge in [0, 0.05) is 6.54 Å². The van der Waals surface area contributed by atoms with Crippen LogP contribution in [0.4, 0.5) is 0 Å². The summed E-state index contributed by atoms with van der Waals surface area (Å²) in [7, 11) is 1.91. The number of hydrogen-bond donors (Lipinski definition) is 2. The van der Waals surface area contributed by atoms with Crippen LogP contribution in [0.3, 0.4) is 0 Å². The molecule has 1 fully saturated rings. The summed E-state index contributed by atoms with van der Waals surface area (Å²) in [5.74, 6) is 0.406. The molecule has 2 atom stereocenters. The Bertz CT molecular complexity index is 179. The van der Waals surface area contributed by atoms with Crippen molar-refractivity contribution in [2.24, 2.45) is 11.3 Å². The van der Waals surface area contributed by atoms with Crippen LogP contribution in [-0.4, -0.2) is 24.3 Å². The van der Waals surface area contributed by atoms with Crippen molar-refractivity contribution in [2.45, 2.75) is 45.6 Å². The van der Waals surface area contributed by atoms with Gasteiger partial charge in [-0.15, -0.1) is 0 Å². The fraction of sp³-hybridized carbons (Fsp3) is 1.00. The molecule has 2 unspecified atom stereocenters. The van der Waals surface area contributed by atoms with Gasteiger partial charge in [-0.05, 0) is 37.6 Å². The first kappa shape index (κ1) is 11.0. The third kappa shape index (κ3) is 2.44. The Hall–Kier alpha value is -0.0800. The molecule has 0 aromatic rings. The van der Waals surface area contributed by atoms with E-state index in [0.717, 1.165) is 25.8 Å². The third-order valence-electron chi connectivity index (χ3n) is 3.49. The molecule has 0 aliphatic heterocycles. The van der Waals surface area contributed by atoms with Crippen LogP contribution in [0.25, 0.3) is 0 Å². The van der Waals surface area contributed by atoms with Crippen molar-refractivity contribution in [1.29, 1.82) is 0 Å². The lowest BCUT2D eigenvalue weighted by Gasteiger charge is -2.45. The zero-order valence-corrected chi connectivity index (χ0v) is 9.35. The fourth-order valence-corrected chi connectivity index (χ4v) is 2.49. The summed E-state index contributed by atoms with van der Waals surface area (Å²) < 4.78 is 0. The van der Waals surface area contributed by atoms with Crippen LogP contribution in [0.2, 0.25) is 0 Å². The minimum atomic E-state index is -0.468. The molecule has 2 N–H and O–H groups in total. The monoisotopic (exact) mass is 185 g/mol. The van der Waals surface area contributed by atoms with Gasteiger partial charge in [0.25, 0.3) is 0 Å². The van der Waals surface area contributed by atoms with Gasteiger partial charge in [-0.25, -0.2) is 0 Å². The Balaban J connectivity index is 2.62. The number of aliphatic hydroxyl groups is 1. The normalized spacial score (nSPS) is 39.0. The topological polar surface area (TPSA) is 32.3 Å². The molecule has 0 saturated heterocycles. The van der Waals surface area contributed by atoms with Gasteiger partial charge in [0.15, 0.2) is 0 Å². The molecule has 0 bridgehead atoms. The summed E-state index contributed by atoms with van der Waals surface area (Å²) in [5, 5.41) is 13.4. The highest BCUT2D eigenvalue weighted by Gasteiger charge is 2.41. The minimum absolute atomic E-state index is 0.406. The third-order valence-corrected chi connectivity index (χ3v) is 3.49. The van der Waals surface area contributed by atoms with E-state index in [1.807, 2.05) is 7.05 Å². The molecule has 13 heavy (non-hydrogen) atoms. The first-order valence-corrected chi connectivity index (χ1v) is 5.27. The number of rotatable bonds is 2. The summed E-state index contributed by atoms with van der Waals surface area (Å²) in [6, 6.07) is 0. The van der Waals surface area contributed by atoms with Crippen LogP contribution in [0.15, 0.2) is 0 Å². The Labute approximate surface area is 81.7 Å². The molecule has 78 valence electrons. The fourth-order valence-electron chi connectivity index (χ4n) is 2.49. The van der Waals surface area contributed by atoms with Gasteiger partial charge < -0.3 is 10.4 Å². The van der Waals surface area contributed by atoms with Gasteiger partial charge in [-0.2, -0.15) is 0 Å². The SMILES string of the molecule is CNCC1(O)CCC(C)(C)CC1C. The highest BCUT2D eigenvalue weighted by Crippen LogP contribution is 2.43.